The van der Waals surface area contributed by atoms with Gasteiger partial charge in [-0.2, -0.15) is 0 Å². The van der Waals surface area contributed by atoms with Crippen LogP contribution < -0.4 is 5.32 Å². The number of hydrogen-bond donors (Lipinski definition) is 3. The van der Waals surface area contributed by atoms with Crippen LogP contribution in [0.4, 0.5) is 0 Å². The molecule has 0 aromatic heterocycles. The highest BCUT2D eigenvalue weighted by Gasteiger charge is 2.44. The first-order chi connectivity index (χ1) is 4.57. The zero-order valence-corrected chi connectivity index (χ0v) is 5.79. The van der Waals surface area contributed by atoms with Crippen molar-refractivity contribution >= 4 is 5.97 Å². The summed E-state index contributed by atoms with van der Waals surface area (Å²) in [6.07, 6.45) is -0.243. The second-order valence-electron chi connectivity index (χ2n) is 2.74. The highest BCUT2D eigenvalue weighted by atomic mass is 16.4. The second kappa shape index (κ2) is 2.21. The molecule has 0 aromatic rings. The third-order valence-corrected chi connectivity index (χ3v) is 2.02. The minimum absolute atomic E-state index is 0.517. The van der Waals surface area contributed by atoms with Crippen LogP contribution in [0.25, 0.3) is 0 Å². The van der Waals surface area contributed by atoms with E-state index in [2.05, 4.69) is 5.32 Å². The molecule has 1 fully saturated rings. The van der Waals surface area contributed by atoms with E-state index >= 15 is 0 Å². The Morgan fingerprint density at radius 2 is 2.40 bits per heavy atom. The molecule has 0 aliphatic carbocycles. The summed E-state index contributed by atoms with van der Waals surface area (Å²) in [7, 11) is 0. The summed E-state index contributed by atoms with van der Waals surface area (Å²) < 4.78 is 0. The molecule has 1 heterocycles. The summed E-state index contributed by atoms with van der Waals surface area (Å²) in [6.45, 7) is 2.07. The van der Waals surface area contributed by atoms with Crippen LogP contribution in [0, 0.1) is 0 Å². The van der Waals surface area contributed by atoms with Gasteiger partial charge in [-0.05, 0) is 19.9 Å². The Balaban J connectivity index is 2.75. The van der Waals surface area contributed by atoms with Crippen LogP contribution in [-0.4, -0.2) is 34.4 Å². The van der Waals surface area contributed by atoms with Gasteiger partial charge in [0, 0.05) is 0 Å². The van der Waals surface area contributed by atoms with Crippen LogP contribution in [0.1, 0.15) is 13.3 Å². The molecule has 58 valence electrons. The fourth-order valence-corrected chi connectivity index (χ4v) is 1.09. The van der Waals surface area contributed by atoms with E-state index in [1.54, 1.807) is 0 Å². The van der Waals surface area contributed by atoms with Crippen LogP contribution in [-0.2, 0) is 4.79 Å². The number of carboxylic acids is 1. The third kappa shape index (κ3) is 0.892. The molecule has 1 aliphatic rings. The van der Waals surface area contributed by atoms with Gasteiger partial charge in [-0.3, -0.25) is 10.1 Å². The van der Waals surface area contributed by atoms with Gasteiger partial charge < -0.3 is 10.2 Å². The van der Waals surface area contributed by atoms with Gasteiger partial charge in [0.1, 0.15) is 5.54 Å². The molecule has 1 saturated heterocycles. The lowest BCUT2D eigenvalue weighted by Gasteiger charge is -2.22. The number of rotatable bonds is 1. The summed E-state index contributed by atoms with van der Waals surface area (Å²) in [5.41, 5.74) is -1.12. The van der Waals surface area contributed by atoms with Crippen molar-refractivity contribution in [2.24, 2.45) is 0 Å². The molecule has 1 unspecified atom stereocenters. The smallest absolute Gasteiger partial charge is 0.326 e. The quantitative estimate of drug-likeness (QED) is 0.451. The molecule has 4 nitrogen and oxygen atoms in total. The molecule has 10 heavy (non-hydrogen) atoms. The van der Waals surface area contributed by atoms with Gasteiger partial charge in [-0.1, -0.05) is 0 Å². The molecule has 2 atom stereocenters. The second-order valence-corrected chi connectivity index (χ2v) is 2.74. The molecule has 4 heteroatoms. The SMILES string of the molecule is C[C@@]1(C(=O)O)NCCC1O. The average Bonchev–Trinajstić information content (AvgIpc) is 2.15. The fourth-order valence-electron chi connectivity index (χ4n) is 1.09. The zero-order valence-electron chi connectivity index (χ0n) is 5.79. The number of aliphatic carboxylic acids is 1. The molecule has 3 N–H and O–H groups in total. The topological polar surface area (TPSA) is 69.6 Å². The van der Waals surface area contributed by atoms with Crippen molar-refractivity contribution in [2.45, 2.75) is 25.0 Å². The molecule has 0 saturated carbocycles. The normalized spacial score (nSPS) is 40.0. The first-order valence-corrected chi connectivity index (χ1v) is 3.24. The standard InChI is InChI=1S/C6H11NO3/c1-6(5(9)10)4(8)2-3-7-6/h4,7-8H,2-3H2,1H3,(H,9,10)/t4?,6-/m1/s1. The molecule has 1 rings (SSSR count). The molecule has 0 spiro atoms. The number of aliphatic hydroxyl groups is 1. The average molecular weight is 145 g/mol. The van der Waals surface area contributed by atoms with Crippen molar-refractivity contribution in [1.29, 1.82) is 0 Å². The molecular formula is C6H11NO3. The Morgan fingerprint density at radius 1 is 1.80 bits per heavy atom. The lowest BCUT2D eigenvalue weighted by atomic mass is 9.98. The molecule has 0 radical (unpaired) electrons. The Morgan fingerprint density at radius 3 is 2.60 bits per heavy atom. The summed E-state index contributed by atoms with van der Waals surface area (Å²) >= 11 is 0. The summed E-state index contributed by atoms with van der Waals surface area (Å²) in [4.78, 5) is 10.5. The maximum absolute atomic E-state index is 10.5. The van der Waals surface area contributed by atoms with Gasteiger partial charge in [0.05, 0.1) is 6.10 Å². The lowest BCUT2D eigenvalue weighted by Crippen LogP contribution is -2.51. The molecule has 0 aromatic carbocycles. The van der Waals surface area contributed by atoms with E-state index in [4.69, 9.17) is 5.11 Å². The minimum atomic E-state index is -1.12. The maximum Gasteiger partial charge on any atom is 0.326 e. The van der Waals surface area contributed by atoms with Gasteiger partial charge in [-0.25, -0.2) is 0 Å². The van der Waals surface area contributed by atoms with E-state index in [0.717, 1.165) is 0 Å². The van der Waals surface area contributed by atoms with Crippen molar-refractivity contribution in [3.8, 4) is 0 Å². The van der Waals surface area contributed by atoms with E-state index in [0.29, 0.717) is 13.0 Å². The van der Waals surface area contributed by atoms with Crippen LogP contribution >= 0.6 is 0 Å². The number of carboxylic acid groups (broad SMARTS) is 1. The third-order valence-electron chi connectivity index (χ3n) is 2.02. The van der Waals surface area contributed by atoms with Gasteiger partial charge in [0.25, 0.3) is 0 Å². The van der Waals surface area contributed by atoms with E-state index in [1.165, 1.54) is 6.92 Å². The minimum Gasteiger partial charge on any atom is -0.480 e. The number of aliphatic hydroxyl groups excluding tert-OH is 1. The van der Waals surface area contributed by atoms with Crippen molar-refractivity contribution in [3.05, 3.63) is 0 Å². The van der Waals surface area contributed by atoms with Crippen LogP contribution in [0.2, 0.25) is 0 Å². The molecule has 0 amide bonds. The van der Waals surface area contributed by atoms with E-state index in [-0.39, 0.29) is 0 Å². The Hall–Kier alpha value is -0.610. The zero-order chi connectivity index (χ0) is 7.78. The Bertz CT molecular complexity index is 159. The van der Waals surface area contributed by atoms with Crippen molar-refractivity contribution < 1.29 is 15.0 Å². The van der Waals surface area contributed by atoms with Crippen LogP contribution in [0.3, 0.4) is 0 Å². The first kappa shape index (κ1) is 7.50. The highest BCUT2D eigenvalue weighted by molar-refractivity contribution is 5.79. The molecular weight excluding hydrogens is 134 g/mol. The van der Waals surface area contributed by atoms with E-state index in [9.17, 15) is 9.90 Å². The predicted octanol–water partition coefficient (Wildman–Crippen LogP) is -0.816. The highest BCUT2D eigenvalue weighted by Crippen LogP contribution is 2.18. The Kier molecular flexibility index (Phi) is 1.66. The van der Waals surface area contributed by atoms with Gasteiger partial charge in [0.15, 0.2) is 0 Å². The molecule has 1 aliphatic heterocycles. The maximum atomic E-state index is 10.5. The van der Waals surface area contributed by atoms with Gasteiger partial charge in [0.2, 0.25) is 0 Å². The number of carbonyl (C=O) groups is 1. The van der Waals surface area contributed by atoms with E-state index < -0.39 is 17.6 Å². The molecule has 0 bridgehead atoms. The lowest BCUT2D eigenvalue weighted by molar-refractivity contribution is -0.147. The van der Waals surface area contributed by atoms with Gasteiger partial charge in [-0.15, -0.1) is 0 Å². The van der Waals surface area contributed by atoms with Crippen molar-refractivity contribution in [3.63, 3.8) is 0 Å². The largest absolute Gasteiger partial charge is 0.480 e. The summed E-state index contributed by atoms with van der Waals surface area (Å²) in [5, 5.41) is 20.5. The Labute approximate surface area is 58.9 Å². The van der Waals surface area contributed by atoms with Crippen molar-refractivity contribution in [2.75, 3.05) is 6.54 Å². The first-order valence-electron chi connectivity index (χ1n) is 3.24. The monoisotopic (exact) mass is 145 g/mol. The number of nitrogens with one attached hydrogen (secondary N) is 1. The van der Waals surface area contributed by atoms with Gasteiger partial charge >= 0.3 is 5.97 Å². The summed E-state index contributed by atoms with van der Waals surface area (Å²) in [5.74, 6) is -0.988. The van der Waals surface area contributed by atoms with E-state index in [1.807, 2.05) is 0 Å². The van der Waals surface area contributed by atoms with Crippen LogP contribution in [0.5, 0.6) is 0 Å². The predicted molar refractivity (Wildman–Crippen MR) is 34.7 cm³/mol. The van der Waals surface area contributed by atoms with Crippen molar-refractivity contribution in [1.82, 2.24) is 5.32 Å². The summed E-state index contributed by atoms with van der Waals surface area (Å²) in [6, 6.07) is 0. The fraction of sp³-hybridized carbons (Fsp3) is 0.833. The van der Waals surface area contributed by atoms with Crippen LogP contribution in [0.15, 0.2) is 0 Å². The number of hydrogen-bond acceptors (Lipinski definition) is 3.